The molecule has 92 valence electrons. The van der Waals surface area contributed by atoms with E-state index in [-0.39, 0.29) is 0 Å². The molecule has 0 unspecified atom stereocenters. The van der Waals surface area contributed by atoms with E-state index < -0.39 is 5.91 Å². The third kappa shape index (κ3) is 3.00. The van der Waals surface area contributed by atoms with Gasteiger partial charge in [0.05, 0.1) is 17.8 Å². The molecule has 0 aliphatic carbocycles. The second-order valence-corrected chi connectivity index (χ2v) is 3.75. The highest BCUT2D eigenvalue weighted by molar-refractivity contribution is 5.92. The average molecular weight is 243 g/mol. The Kier molecular flexibility index (Phi) is 3.47. The van der Waals surface area contributed by atoms with Crippen LogP contribution in [0.2, 0.25) is 0 Å². The molecule has 3 N–H and O–H groups in total. The molecule has 0 atom stereocenters. The number of nitrogens with zero attached hydrogens (tertiary/aromatic N) is 3. The molecule has 0 aromatic carbocycles. The molecule has 2 aromatic rings. The number of hydrogen-bond donors (Lipinski definition) is 2. The lowest BCUT2D eigenvalue weighted by molar-refractivity contribution is 0.1000. The SMILES string of the molecule is Cc1nccc(CNc2ccc(C(N)=O)cn2)n1. The maximum Gasteiger partial charge on any atom is 0.250 e. The third-order valence-corrected chi connectivity index (χ3v) is 2.33. The van der Waals surface area contributed by atoms with Gasteiger partial charge < -0.3 is 11.1 Å². The van der Waals surface area contributed by atoms with Gasteiger partial charge in [0.25, 0.3) is 0 Å². The van der Waals surface area contributed by atoms with Crippen molar-refractivity contribution in [2.75, 3.05) is 5.32 Å². The van der Waals surface area contributed by atoms with Gasteiger partial charge in [-0.15, -0.1) is 0 Å². The zero-order valence-corrected chi connectivity index (χ0v) is 9.92. The summed E-state index contributed by atoms with van der Waals surface area (Å²) in [7, 11) is 0. The average Bonchev–Trinajstić information content (AvgIpc) is 2.37. The summed E-state index contributed by atoms with van der Waals surface area (Å²) < 4.78 is 0. The minimum absolute atomic E-state index is 0.387. The smallest absolute Gasteiger partial charge is 0.250 e. The number of aryl methyl sites for hydroxylation is 1. The standard InChI is InChI=1S/C12H13N5O/c1-8-14-5-4-10(17-8)7-16-11-3-2-9(6-15-11)12(13)18/h2-6H,7H2,1H3,(H2,13,18)(H,15,16). The molecule has 2 heterocycles. The fraction of sp³-hybridized carbons (Fsp3) is 0.167. The second-order valence-electron chi connectivity index (χ2n) is 3.75. The molecule has 0 saturated heterocycles. The molecule has 0 bridgehead atoms. The van der Waals surface area contributed by atoms with E-state index in [0.29, 0.717) is 17.9 Å². The van der Waals surface area contributed by atoms with Gasteiger partial charge >= 0.3 is 0 Å². The summed E-state index contributed by atoms with van der Waals surface area (Å²) in [4.78, 5) is 23.2. The highest BCUT2D eigenvalue weighted by atomic mass is 16.1. The topological polar surface area (TPSA) is 93.8 Å². The number of nitrogens with one attached hydrogen (secondary N) is 1. The number of carbonyl (C=O) groups is 1. The Hall–Kier alpha value is -2.50. The molecule has 0 saturated carbocycles. The van der Waals surface area contributed by atoms with E-state index in [4.69, 9.17) is 5.73 Å². The molecule has 6 nitrogen and oxygen atoms in total. The third-order valence-electron chi connectivity index (χ3n) is 2.33. The summed E-state index contributed by atoms with van der Waals surface area (Å²) in [6.07, 6.45) is 3.15. The van der Waals surface area contributed by atoms with E-state index in [2.05, 4.69) is 20.3 Å². The maximum atomic E-state index is 10.9. The number of aromatic nitrogens is 3. The molecule has 1 amide bonds. The first-order valence-corrected chi connectivity index (χ1v) is 5.43. The van der Waals surface area contributed by atoms with Gasteiger partial charge in [-0.25, -0.2) is 15.0 Å². The number of anilines is 1. The Morgan fingerprint density at radius 3 is 2.78 bits per heavy atom. The van der Waals surface area contributed by atoms with Crippen LogP contribution in [0.5, 0.6) is 0 Å². The molecule has 0 spiro atoms. The lowest BCUT2D eigenvalue weighted by Crippen LogP contribution is -2.11. The first kappa shape index (κ1) is 12.0. The van der Waals surface area contributed by atoms with Gasteiger partial charge in [0.2, 0.25) is 5.91 Å². The molecule has 0 radical (unpaired) electrons. The lowest BCUT2D eigenvalue weighted by atomic mass is 10.3. The molecule has 18 heavy (non-hydrogen) atoms. The molecular formula is C12H13N5O. The summed E-state index contributed by atoms with van der Waals surface area (Å²) in [5.74, 6) is 0.906. The number of nitrogens with two attached hydrogens (primary N) is 1. The van der Waals surface area contributed by atoms with E-state index in [0.717, 1.165) is 11.5 Å². The van der Waals surface area contributed by atoms with Crippen molar-refractivity contribution in [2.24, 2.45) is 5.73 Å². The van der Waals surface area contributed by atoms with Crippen molar-refractivity contribution in [1.29, 1.82) is 0 Å². The van der Waals surface area contributed by atoms with Crippen molar-refractivity contribution >= 4 is 11.7 Å². The Morgan fingerprint density at radius 1 is 1.33 bits per heavy atom. The largest absolute Gasteiger partial charge is 0.366 e. The van der Waals surface area contributed by atoms with Crippen molar-refractivity contribution in [2.45, 2.75) is 13.5 Å². The Labute approximate surface area is 104 Å². The van der Waals surface area contributed by atoms with Crippen molar-refractivity contribution in [3.8, 4) is 0 Å². The number of rotatable bonds is 4. The van der Waals surface area contributed by atoms with E-state index in [1.807, 2.05) is 13.0 Å². The predicted octanol–water partition coefficient (Wildman–Crippen LogP) is 0.891. The van der Waals surface area contributed by atoms with Crippen LogP contribution >= 0.6 is 0 Å². The number of carbonyl (C=O) groups excluding carboxylic acids is 1. The molecule has 0 aliphatic heterocycles. The monoisotopic (exact) mass is 243 g/mol. The van der Waals surface area contributed by atoms with Crippen molar-refractivity contribution in [1.82, 2.24) is 15.0 Å². The quantitative estimate of drug-likeness (QED) is 0.831. The summed E-state index contributed by atoms with van der Waals surface area (Å²) in [5, 5.41) is 3.10. The highest BCUT2D eigenvalue weighted by Crippen LogP contribution is 2.06. The van der Waals surface area contributed by atoms with Gasteiger partial charge in [0.15, 0.2) is 0 Å². The van der Waals surface area contributed by atoms with Crippen molar-refractivity contribution in [3.63, 3.8) is 0 Å². The summed E-state index contributed by atoms with van der Waals surface area (Å²) in [5.41, 5.74) is 6.39. The summed E-state index contributed by atoms with van der Waals surface area (Å²) in [6, 6.07) is 5.16. The molecule has 0 aliphatic rings. The molecule has 6 heteroatoms. The van der Waals surface area contributed by atoms with Crippen LogP contribution < -0.4 is 11.1 Å². The maximum absolute atomic E-state index is 10.9. The van der Waals surface area contributed by atoms with E-state index in [1.165, 1.54) is 6.20 Å². The van der Waals surface area contributed by atoms with E-state index >= 15 is 0 Å². The molecule has 0 fully saturated rings. The first-order chi connectivity index (χ1) is 8.65. The van der Waals surface area contributed by atoms with Gasteiger partial charge in [0.1, 0.15) is 11.6 Å². The van der Waals surface area contributed by atoms with Crippen LogP contribution in [0.4, 0.5) is 5.82 Å². The Balaban J connectivity index is 2.00. The van der Waals surface area contributed by atoms with Crippen molar-refractivity contribution < 1.29 is 4.79 Å². The van der Waals surface area contributed by atoms with Crippen LogP contribution in [0.15, 0.2) is 30.6 Å². The molecular weight excluding hydrogens is 230 g/mol. The normalized spacial score (nSPS) is 10.1. The van der Waals surface area contributed by atoms with Gasteiger partial charge in [0, 0.05) is 12.4 Å². The van der Waals surface area contributed by atoms with Gasteiger partial charge in [-0.1, -0.05) is 0 Å². The second kappa shape index (κ2) is 5.22. The summed E-state index contributed by atoms with van der Waals surface area (Å²) in [6.45, 7) is 2.38. The summed E-state index contributed by atoms with van der Waals surface area (Å²) >= 11 is 0. The van der Waals surface area contributed by atoms with Crippen LogP contribution in [-0.4, -0.2) is 20.9 Å². The minimum Gasteiger partial charge on any atom is -0.366 e. The van der Waals surface area contributed by atoms with Crippen molar-refractivity contribution in [3.05, 3.63) is 47.7 Å². The van der Waals surface area contributed by atoms with Crippen LogP contribution in [0.3, 0.4) is 0 Å². The zero-order chi connectivity index (χ0) is 13.0. The fourth-order valence-corrected chi connectivity index (χ4v) is 1.43. The van der Waals surface area contributed by atoms with E-state index in [1.54, 1.807) is 18.3 Å². The van der Waals surface area contributed by atoms with Gasteiger partial charge in [-0.2, -0.15) is 0 Å². The predicted molar refractivity (Wildman–Crippen MR) is 66.9 cm³/mol. The number of pyridine rings is 1. The van der Waals surface area contributed by atoms with Crippen LogP contribution in [-0.2, 0) is 6.54 Å². The Morgan fingerprint density at radius 2 is 2.17 bits per heavy atom. The van der Waals surface area contributed by atoms with Gasteiger partial charge in [-0.05, 0) is 25.1 Å². The lowest BCUT2D eigenvalue weighted by Gasteiger charge is -2.05. The van der Waals surface area contributed by atoms with E-state index in [9.17, 15) is 4.79 Å². The zero-order valence-electron chi connectivity index (χ0n) is 9.92. The van der Waals surface area contributed by atoms with Crippen LogP contribution in [0, 0.1) is 6.92 Å². The first-order valence-electron chi connectivity index (χ1n) is 5.43. The molecule has 2 rings (SSSR count). The van der Waals surface area contributed by atoms with Crippen LogP contribution in [0.25, 0.3) is 0 Å². The number of hydrogen-bond acceptors (Lipinski definition) is 5. The minimum atomic E-state index is -0.486. The van der Waals surface area contributed by atoms with Crippen LogP contribution in [0.1, 0.15) is 21.9 Å². The Bertz CT molecular complexity index is 553. The molecule has 2 aromatic heterocycles. The number of primary amides is 1. The fourth-order valence-electron chi connectivity index (χ4n) is 1.43. The number of amides is 1. The highest BCUT2D eigenvalue weighted by Gasteiger charge is 2.01. The van der Waals surface area contributed by atoms with Gasteiger partial charge in [-0.3, -0.25) is 4.79 Å².